The monoisotopic (exact) mass is 309 g/mol. The van der Waals surface area contributed by atoms with E-state index in [-0.39, 0.29) is 0 Å². The van der Waals surface area contributed by atoms with E-state index in [2.05, 4.69) is 44.7 Å². The number of hydrogen-bond acceptors (Lipinski definition) is 3. The second kappa shape index (κ2) is 4.11. The van der Waals surface area contributed by atoms with Gasteiger partial charge in [-0.3, -0.25) is 14.4 Å². The zero-order chi connectivity index (χ0) is 15.7. The molecule has 0 aliphatic heterocycles. The summed E-state index contributed by atoms with van der Waals surface area (Å²) in [5, 5.41) is 4.55. The van der Waals surface area contributed by atoms with E-state index in [4.69, 9.17) is 4.42 Å². The molecule has 1 aromatic carbocycles. The van der Waals surface area contributed by atoms with Gasteiger partial charge in [0.15, 0.2) is 5.76 Å². The minimum absolute atomic E-state index is 0.779. The summed E-state index contributed by atoms with van der Waals surface area (Å²) in [6.45, 7) is 0. The van der Waals surface area contributed by atoms with Crippen LogP contribution in [-0.4, -0.2) is 14.4 Å². The van der Waals surface area contributed by atoms with Gasteiger partial charge in [0, 0.05) is 34.7 Å². The molecule has 0 spiro atoms. The van der Waals surface area contributed by atoms with Crippen molar-refractivity contribution in [3.63, 3.8) is 0 Å². The van der Waals surface area contributed by atoms with Gasteiger partial charge in [-0.1, -0.05) is 24.3 Å². The Morgan fingerprint density at radius 3 is 2.54 bits per heavy atom. The molecule has 6 rings (SSSR count). The first-order valence-corrected chi connectivity index (χ1v) is 7.85. The van der Waals surface area contributed by atoms with Crippen LogP contribution in [0.3, 0.4) is 0 Å². The van der Waals surface area contributed by atoms with E-state index in [0.29, 0.717) is 0 Å². The first kappa shape index (κ1) is 12.1. The Morgan fingerprint density at radius 2 is 1.67 bits per heavy atom. The van der Waals surface area contributed by atoms with E-state index in [1.54, 1.807) is 6.20 Å². The lowest BCUT2D eigenvalue weighted by Crippen LogP contribution is -1.80. The number of rotatable bonds is 1. The zero-order valence-electron chi connectivity index (χ0n) is 12.6. The summed E-state index contributed by atoms with van der Waals surface area (Å²) >= 11 is 0. The average molecular weight is 309 g/mol. The molecule has 0 saturated heterocycles. The fraction of sp³-hybridized carbons (Fsp3) is 0. The van der Waals surface area contributed by atoms with Gasteiger partial charge in [0.1, 0.15) is 5.69 Å². The van der Waals surface area contributed by atoms with Crippen LogP contribution >= 0.6 is 0 Å². The summed E-state index contributed by atoms with van der Waals surface area (Å²) < 4.78 is 8.42. The topological polar surface area (TPSA) is 43.3 Å². The lowest BCUT2D eigenvalue weighted by Gasteiger charge is -1.95. The normalized spacial score (nSPS) is 12.2. The van der Waals surface area contributed by atoms with Gasteiger partial charge in [-0.2, -0.15) is 0 Å². The van der Waals surface area contributed by atoms with Gasteiger partial charge >= 0.3 is 0 Å². The largest absolute Gasteiger partial charge is 0.437 e. The molecule has 0 amide bonds. The molecule has 112 valence electrons. The molecule has 0 aliphatic carbocycles. The first-order chi connectivity index (χ1) is 11.9. The third-order valence-corrected chi connectivity index (χ3v) is 4.70. The van der Waals surface area contributed by atoms with Crippen molar-refractivity contribution >= 4 is 38.3 Å². The van der Waals surface area contributed by atoms with Gasteiger partial charge < -0.3 is 4.42 Å². The van der Waals surface area contributed by atoms with Gasteiger partial charge in [0.25, 0.3) is 0 Å². The van der Waals surface area contributed by atoms with Crippen LogP contribution in [0.5, 0.6) is 0 Å². The van der Waals surface area contributed by atoms with E-state index in [9.17, 15) is 0 Å². The highest BCUT2D eigenvalue weighted by Gasteiger charge is 2.21. The third kappa shape index (κ3) is 1.34. The Kier molecular flexibility index (Phi) is 2.07. The predicted octanol–water partition coefficient (Wildman–Crippen LogP) is 4.89. The molecule has 0 aliphatic rings. The Bertz CT molecular complexity index is 1350. The summed E-state index contributed by atoms with van der Waals surface area (Å²) in [6.07, 6.45) is 5.63. The maximum absolute atomic E-state index is 6.22. The van der Waals surface area contributed by atoms with Crippen LogP contribution < -0.4 is 0 Å². The number of nitrogens with zero attached hydrogens (tertiary/aromatic N) is 3. The Hall–Kier alpha value is -3.40. The molecule has 5 heterocycles. The lowest BCUT2D eigenvalue weighted by molar-refractivity contribution is 0.613. The van der Waals surface area contributed by atoms with Crippen molar-refractivity contribution in [3.8, 4) is 11.5 Å². The number of furan rings is 1. The zero-order valence-corrected chi connectivity index (χ0v) is 12.6. The van der Waals surface area contributed by atoms with Gasteiger partial charge in [0.2, 0.25) is 5.71 Å². The van der Waals surface area contributed by atoms with Crippen molar-refractivity contribution in [2.75, 3.05) is 0 Å². The molecule has 4 nitrogen and oxygen atoms in total. The molecule has 24 heavy (non-hydrogen) atoms. The smallest absolute Gasteiger partial charge is 0.213 e. The highest BCUT2D eigenvalue weighted by molar-refractivity contribution is 6.22. The van der Waals surface area contributed by atoms with E-state index in [0.717, 1.165) is 38.8 Å². The van der Waals surface area contributed by atoms with Crippen LogP contribution in [0, 0.1) is 0 Å². The maximum Gasteiger partial charge on any atom is 0.213 e. The van der Waals surface area contributed by atoms with Crippen molar-refractivity contribution in [2.24, 2.45) is 0 Å². The molecule has 0 unspecified atom stereocenters. The number of pyridine rings is 2. The van der Waals surface area contributed by atoms with Crippen molar-refractivity contribution in [1.29, 1.82) is 0 Å². The van der Waals surface area contributed by atoms with Crippen LogP contribution in [0.1, 0.15) is 0 Å². The molecule has 0 fully saturated rings. The van der Waals surface area contributed by atoms with E-state index in [1.807, 2.05) is 30.6 Å². The molecule has 4 heteroatoms. The first-order valence-electron chi connectivity index (χ1n) is 7.85. The third-order valence-electron chi connectivity index (χ3n) is 4.70. The van der Waals surface area contributed by atoms with Gasteiger partial charge in [-0.05, 0) is 24.3 Å². The van der Waals surface area contributed by atoms with E-state index in [1.165, 1.54) is 10.9 Å². The predicted molar refractivity (Wildman–Crippen MR) is 94.4 cm³/mol. The molecular weight excluding hydrogens is 298 g/mol. The molecule has 0 N–H and O–H groups in total. The maximum atomic E-state index is 6.22. The Labute approximate surface area is 136 Å². The fourth-order valence-electron chi connectivity index (χ4n) is 3.69. The minimum atomic E-state index is 0.779. The Balaban J connectivity index is 1.85. The standard InChI is InChI=1S/C20H11N3O/c1-2-7-17-12(5-1)14-10-21-11-15-13-9-18(16-6-3-4-8-22-16)24-20(13)23(17)19(14)15/h1-11H. The van der Waals surface area contributed by atoms with Gasteiger partial charge in [-0.25, -0.2) is 0 Å². The number of fused-ring (bicyclic) bond motifs is 6. The number of benzene rings is 1. The second-order valence-corrected chi connectivity index (χ2v) is 5.98. The molecule has 0 radical (unpaired) electrons. The van der Waals surface area contributed by atoms with Crippen LogP contribution in [0.25, 0.3) is 49.7 Å². The quantitative estimate of drug-likeness (QED) is 0.434. The molecule has 0 saturated carbocycles. The Morgan fingerprint density at radius 1 is 0.833 bits per heavy atom. The van der Waals surface area contributed by atoms with Gasteiger partial charge in [0.05, 0.1) is 16.4 Å². The van der Waals surface area contributed by atoms with Crippen molar-refractivity contribution < 1.29 is 4.42 Å². The number of hydrogen-bond donors (Lipinski definition) is 0. The van der Waals surface area contributed by atoms with Crippen molar-refractivity contribution in [2.45, 2.75) is 0 Å². The second-order valence-electron chi connectivity index (χ2n) is 5.98. The highest BCUT2D eigenvalue weighted by Crippen LogP contribution is 2.40. The van der Waals surface area contributed by atoms with Crippen LogP contribution in [0.15, 0.2) is 71.5 Å². The van der Waals surface area contributed by atoms with Crippen LogP contribution in [0.2, 0.25) is 0 Å². The number of aromatic nitrogens is 3. The highest BCUT2D eigenvalue weighted by atomic mass is 16.3. The molecular formula is C20H11N3O. The summed E-state index contributed by atoms with van der Waals surface area (Å²) in [5.74, 6) is 0.779. The summed E-state index contributed by atoms with van der Waals surface area (Å²) in [4.78, 5) is 8.85. The number of para-hydroxylation sites is 1. The lowest BCUT2D eigenvalue weighted by atomic mass is 10.1. The van der Waals surface area contributed by atoms with Gasteiger partial charge in [-0.15, -0.1) is 0 Å². The molecule has 0 bridgehead atoms. The van der Waals surface area contributed by atoms with Crippen molar-refractivity contribution in [3.05, 3.63) is 67.1 Å². The molecule has 6 aromatic rings. The van der Waals surface area contributed by atoms with Crippen molar-refractivity contribution in [1.82, 2.24) is 14.4 Å². The van der Waals surface area contributed by atoms with E-state index >= 15 is 0 Å². The summed E-state index contributed by atoms with van der Waals surface area (Å²) in [5.41, 5.74) is 4.00. The van der Waals surface area contributed by atoms with E-state index < -0.39 is 0 Å². The fourth-order valence-corrected chi connectivity index (χ4v) is 3.69. The summed E-state index contributed by atoms with van der Waals surface area (Å²) in [7, 11) is 0. The SMILES string of the molecule is c1ccc(-c2cc3c4cncc5c6ccccc6n(c3o2)c54)nc1. The molecule has 5 aromatic heterocycles. The molecule has 0 atom stereocenters. The van der Waals surface area contributed by atoms with Crippen LogP contribution in [0.4, 0.5) is 0 Å². The minimum Gasteiger partial charge on any atom is -0.437 e. The van der Waals surface area contributed by atoms with Crippen LogP contribution in [-0.2, 0) is 0 Å². The average Bonchev–Trinajstić information content (AvgIpc) is 3.29. The summed E-state index contributed by atoms with van der Waals surface area (Å²) in [6, 6.07) is 16.3.